The van der Waals surface area contributed by atoms with Gasteiger partial charge in [-0.25, -0.2) is 13.8 Å². The van der Waals surface area contributed by atoms with E-state index in [1.165, 1.54) is 31.3 Å². The molecule has 5 N–H and O–H groups in total. The van der Waals surface area contributed by atoms with Crippen molar-refractivity contribution in [1.82, 2.24) is 4.98 Å². The molecule has 1 heterocycles. The molecule has 11 heteroatoms. The first kappa shape index (κ1) is 20.8. The van der Waals surface area contributed by atoms with Gasteiger partial charge in [-0.05, 0) is 19.1 Å². The Hall–Kier alpha value is -2.52. The van der Waals surface area contributed by atoms with E-state index in [-0.39, 0.29) is 45.9 Å². The van der Waals surface area contributed by atoms with Crippen LogP contribution < -0.4 is 5.32 Å². The van der Waals surface area contributed by atoms with E-state index < -0.39 is 27.1 Å². The molecule has 0 radical (unpaired) electrons. The number of carboxylic acids is 1. The first-order valence-electron chi connectivity index (χ1n) is 7.65. The number of pyridine rings is 1. The maximum atomic E-state index is 13.2. The minimum Gasteiger partial charge on any atom is -0.506 e. The predicted octanol–water partition coefficient (Wildman–Crippen LogP) is 2.48. The number of benzene rings is 1. The number of halogens is 1. The lowest BCUT2D eigenvalue weighted by Gasteiger charge is -2.16. The molecule has 146 valence electrons. The number of phosphoric ester groups is 1. The number of hydrogen-bond acceptors (Lipinski definition) is 6. The Morgan fingerprint density at radius 2 is 2.04 bits per heavy atom. The van der Waals surface area contributed by atoms with Crippen molar-refractivity contribution in [2.45, 2.75) is 26.7 Å². The predicted molar refractivity (Wildman–Crippen MR) is 93.0 cm³/mol. The molecule has 0 aliphatic rings. The van der Waals surface area contributed by atoms with Crippen molar-refractivity contribution < 1.29 is 38.3 Å². The molecule has 0 unspecified atom stereocenters. The average Bonchev–Trinajstić information content (AvgIpc) is 2.60. The highest BCUT2D eigenvalue weighted by molar-refractivity contribution is 7.46. The summed E-state index contributed by atoms with van der Waals surface area (Å²) in [4.78, 5) is 32.7. The van der Waals surface area contributed by atoms with Gasteiger partial charge in [-0.1, -0.05) is 6.07 Å². The molecular formula is C16H18FN2O7P. The van der Waals surface area contributed by atoms with Gasteiger partial charge >= 0.3 is 13.8 Å². The lowest BCUT2D eigenvalue weighted by molar-refractivity contribution is 0.0696. The Kier molecular flexibility index (Phi) is 6.50. The lowest BCUT2D eigenvalue weighted by Crippen LogP contribution is -2.08. The summed E-state index contributed by atoms with van der Waals surface area (Å²) in [6.07, 6.45) is 1.30. The SMILES string of the molecule is Cc1ncc(COP(=O)(O)O)c(CNc2cc(C(=O)O)ccc2CF)c1O. The van der Waals surface area contributed by atoms with Crippen molar-refractivity contribution in [3.63, 3.8) is 0 Å². The molecule has 1 aromatic carbocycles. The normalized spacial score (nSPS) is 11.4. The van der Waals surface area contributed by atoms with E-state index in [9.17, 15) is 18.9 Å². The third kappa shape index (κ3) is 5.48. The number of anilines is 1. The highest BCUT2D eigenvalue weighted by Gasteiger charge is 2.18. The zero-order chi connectivity index (χ0) is 20.2. The van der Waals surface area contributed by atoms with Crippen LogP contribution in [0.2, 0.25) is 0 Å². The summed E-state index contributed by atoms with van der Waals surface area (Å²) in [5, 5.41) is 22.1. The highest BCUT2D eigenvalue weighted by Crippen LogP contribution is 2.38. The van der Waals surface area contributed by atoms with Crippen molar-refractivity contribution in [2.75, 3.05) is 5.32 Å². The fraction of sp³-hybridized carbons (Fsp3) is 0.250. The van der Waals surface area contributed by atoms with Crippen molar-refractivity contribution in [2.24, 2.45) is 0 Å². The highest BCUT2D eigenvalue weighted by atomic mass is 31.2. The van der Waals surface area contributed by atoms with Gasteiger partial charge in [-0.3, -0.25) is 9.51 Å². The number of nitrogens with zero attached hydrogens (tertiary/aromatic N) is 1. The molecule has 9 nitrogen and oxygen atoms in total. The molecule has 0 bridgehead atoms. The van der Waals surface area contributed by atoms with E-state index in [4.69, 9.17) is 14.9 Å². The zero-order valence-electron chi connectivity index (χ0n) is 14.2. The second-order valence-corrected chi connectivity index (χ2v) is 6.86. The van der Waals surface area contributed by atoms with Crippen LogP contribution in [-0.4, -0.2) is 31.0 Å². The molecule has 0 spiro atoms. The number of aromatic carboxylic acids is 1. The van der Waals surface area contributed by atoms with E-state index in [0.29, 0.717) is 0 Å². The number of carbonyl (C=O) groups is 1. The van der Waals surface area contributed by atoms with E-state index >= 15 is 0 Å². The van der Waals surface area contributed by atoms with Gasteiger partial charge in [0, 0.05) is 35.1 Å². The molecule has 0 saturated carbocycles. The van der Waals surface area contributed by atoms with Crippen molar-refractivity contribution in [3.05, 3.63) is 52.3 Å². The Morgan fingerprint density at radius 3 is 2.63 bits per heavy atom. The summed E-state index contributed by atoms with van der Waals surface area (Å²) in [6, 6.07) is 3.87. The molecule has 0 amide bonds. The average molecular weight is 400 g/mol. The molecule has 0 saturated heterocycles. The maximum absolute atomic E-state index is 13.2. The summed E-state index contributed by atoms with van der Waals surface area (Å²) in [6.45, 7) is 0.112. The number of aromatic hydroxyl groups is 1. The van der Waals surface area contributed by atoms with E-state index in [2.05, 4.69) is 14.8 Å². The number of hydrogen-bond donors (Lipinski definition) is 5. The van der Waals surface area contributed by atoms with Crippen LogP contribution in [-0.2, 0) is 28.9 Å². The Morgan fingerprint density at radius 1 is 1.33 bits per heavy atom. The maximum Gasteiger partial charge on any atom is 0.469 e. The lowest BCUT2D eigenvalue weighted by atomic mass is 10.1. The number of rotatable bonds is 8. The van der Waals surface area contributed by atoms with Crippen LogP contribution in [0.4, 0.5) is 10.1 Å². The van der Waals surface area contributed by atoms with Crippen LogP contribution in [0.15, 0.2) is 24.4 Å². The van der Waals surface area contributed by atoms with E-state index in [1.807, 2.05) is 0 Å². The Labute approximate surface area is 153 Å². The molecular weight excluding hydrogens is 382 g/mol. The third-order valence-corrected chi connectivity index (χ3v) is 4.24. The summed E-state index contributed by atoms with van der Waals surface area (Å²) in [5.41, 5.74) is 1.12. The number of nitrogens with one attached hydrogen (secondary N) is 1. The number of alkyl halides is 1. The third-order valence-electron chi connectivity index (χ3n) is 3.77. The first-order chi connectivity index (χ1) is 12.6. The van der Waals surface area contributed by atoms with Crippen LogP contribution in [0.5, 0.6) is 5.75 Å². The molecule has 0 fully saturated rings. The molecule has 0 aliphatic carbocycles. The fourth-order valence-electron chi connectivity index (χ4n) is 2.33. The van der Waals surface area contributed by atoms with Gasteiger partial charge in [-0.15, -0.1) is 0 Å². The van der Waals surface area contributed by atoms with Crippen LogP contribution in [0, 0.1) is 6.92 Å². The smallest absolute Gasteiger partial charge is 0.469 e. The minimum atomic E-state index is -4.73. The van der Waals surface area contributed by atoms with E-state index in [0.717, 1.165) is 0 Å². The van der Waals surface area contributed by atoms with Crippen molar-refractivity contribution in [1.29, 1.82) is 0 Å². The second kappa shape index (κ2) is 8.45. The summed E-state index contributed by atoms with van der Waals surface area (Å²) >= 11 is 0. The number of aromatic nitrogens is 1. The second-order valence-electron chi connectivity index (χ2n) is 5.62. The summed E-state index contributed by atoms with van der Waals surface area (Å²) in [7, 11) is -4.73. The van der Waals surface area contributed by atoms with Crippen LogP contribution in [0.3, 0.4) is 0 Å². The largest absolute Gasteiger partial charge is 0.506 e. The minimum absolute atomic E-state index is 0.0464. The number of aryl methyl sites for hydroxylation is 1. The Bertz CT molecular complexity index is 901. The fourth-order valence-corrected chi connectivity index (χ4v) is 2.64. The molecule has 0 aliphatic heterocycles. The standard InChI is InChI=1S/C16H18FN2O7P/c1-9-15(20)13(12(6-18-9)8-26-27(23,24)25)7-19-14-4-10(16(21)22)2-3-11(14)5-17/h2-4,6,19-20H,5,7-8H2,1H3,(H,21,22)(H2,23,24,25). The molecule has 2 aromatic rings. The van der Waals surface area contributed by atoms with Gasteiger partial charge in [-0.2, -0.15) is 0 Å². The van der Waals surface area contributed by atoms with Gasteiger partial charge in [0.1, 0.15) is 12.4 Å². The van der Waals surface area contributed by atoms with Crippen LogP contribution >= 0.6 is 7.82 Å². The van der Waals surface area contributed by atoms with Crippen molar-refractivity contribution >= 4 is 19.5 Å². The zero-order valence-corrected chi connectivity index (χ0v) is 15.1. The first-order valence-corrected chi connectivity index (χ1v) is 9.18. The monoisotopic (exact) mass is 400 g/mol. The topological polar surface area (TPSA) is 149 Å². The van der Waals surface area contributed by atoms with Gasteiger partial charge in [0.2, 0.25) is 0 Å². The Balaban J connectivity index is 2.32. The molecule has 0 atom stereocenters. The molecule has 2 rings (SSSR count). The van der Waals surface area contributed by atoms with Crippen LogP contribution in [0.25, 0.3) is 0 Å². The molecule has 27 heavy (non-hydrogen) atoms. The van der Waals surface area contributed by atoms with Gasteiger partial charge < -0.3 is 25.3 Å². The number of carboxylic acid groups (broad SMARTS) is 1. The quantitative estimate of drug-likeness (QED) is 0.421. The summed E-state index contributed by atoms with van der Waals surface area (Å²) < 4.78 is 28.5. The molecule has 1 aromatic heterocycles. The van der Waals surface area contributed by atoms with Crippen molar-refractivity contribution in [3.8, 4) is 5.75 Å². The van der Waals surface area contributed by atoms with Crippen LogP contribution in [0.1, 0.15) is 32.7 Å². The van der Waals surface area contributed by atoms with Gasteiger partial charge in [0.05, 0.1) is 17.9 Å². The van der Waals surface area contributed by atoms with Gasteiger partial charge in [0.15, 0.2) is 0 Å². The number of phosphoric acid groups is 1. The van der Waals surface area contributed by atoms with Gasteiger partial charge in [0.25, 0.3) is 0 Å². The van der Waals surface area contributed by atoms with E-state index in [1.54, 1.807) is 0 Å². The summed E-state index contributed by atoms with van der Waals surface area (Å²) in [5.74, 6) is -1.40.